The zero-order valence-electron chi connectivity index (χ0n) is 14.7. The summed E-state index contributed by atoms with van der Waals surface area (Å²) in [7, 11) is 4.67. The summed E-state index contributed by atoms with van der Waals surface area (Å²) in [6.07, 6.45) is 3.35. The van der Waals surface area contributed by atoms with E-state index >= 15 is 0 Å². The molecule has 2 fully saturated rings. The van der Waals surface area contributed by atoms with Crippen LogP contribution in [0.3, 0.4) is 0 Å². The van der Waals surface area contributed by atoms with E-state index in [2.05, 4.69) is 5.32 Å². The Labute approximate surface area is 143 Å². The lowest BCUT2D eigenvalue weighted by molar-refractivity contribution is 0.0607. The van der Waals surface area contributed by atoms with E-state index in [9.17, 15) is 4.79 Å². The topological polar surface area (TPSA) is 60.0 Å². The summed E-state index contributed by atoms with van der Waals surface area (Å²) >= 11 is 0. The molecule has 24 heavy (non-hydrogen) atoms. The number of hydrogen-bond donors (Lipinski definition) is 1. The number of benzene rings is 1. The van der Waals surface area contributed by atoms with Crippen LogP contribution in [0.1, 0.15) is 29.6 Å². The summed E-state index contributed by atoms with van der Waals surface area (Å²) in [6.45, 7) is 3.79. The summed E-state index contributed by atoms with van der Waals surface area (Å²) in [5.41, 5.74) is 0.969. The van der Waals surface area contributed by atoms with Gasteiger partial charge in [0.15, 0.2) is 11.5 Å². The van der Waals surface area contributed by atoms with Crippen molar-refractivity contribution in [2.75, 3.05) is 47.5 Å². The average molecular weight is 334 g/mol. The highest BCUT2D eigenvalue weighted by Crippen LogP contribution is 2.40. The molecule has 6 heteroatoms. The van der Waals surface area contributed by atoms with Crippen molar-refractivity contribution in [3.05, 3.63) is 17.7 Å². The number of hydrogen-bond acceptors (Lipinski definition) is 5. The predicted octanol–water partition coefficient (Wildman–Crippen LogP) is 1.93. The van der Waals surface area contributed by atoms with Crippen molar-refractivity contribution >= 4 is 5.91 Å². The Morgan fingerprint density at radius 2 is 1.67 bits per heavy atom. The van der Waals surface area contributed by atoms with E-state index in [4.69, 9.17) is 14.2 Å². The quantitative estimate of drug-likeness (QED) is 0.912. The molecule has 1 spiro atoms. The highest BCUT2D eigenvalue weighted by atomic mass is 16.5. The number of methoxy groups -OCH3 is 3. The first kappa shape index (κ1) is 16.9. The molecule has 0 unspecified atom stereocenters. The number of likely N-dealkylation sites (tertiary alicyclic amines) is 1. The second-order valence-electron chi connectivity index (χ2n) is 6.63. The normalized spacial score (nSPS) is 19.4. The monoisotopic (exact) mass is 334 g/mol. The average Bonchev–Trinajstić information content (AvgIpc) is 3.08. The fourth-order valence-corrected chi connectivity index (χ4v) is 3.79. The van der Waals surface area contributed by atoms with Gasteiger partial charge in [-0.05, 0) is 43.4 Å². The number of ether oxygens (including phenoxy) is 3. The van der Waals surface area contributed by atoms with Gasteiger partial charge in [-0.3, -0.25) is 4.79 Å². The van der Waals surface area contributed by atoms with Crippen LogP contribution in [0.4, 0.5) is 0 Å². The largest absolute Gasteiger partial charge is 0.493 e. The number of amides is 1. The molecule has 0 aliphatic carbocycles. The van der Waals surface area contributed by atoms with E-state index in [0.29, 0.717) is 28.2 Å². The molecular formula is C18H26N2O4. The van der Waals surface area contributed by atoms with Gasteiger partial charge in [0.2, 0.25) is 5.75 Å². The van der Waals surface area contributed by atoms with E-state index in [1.165, 1.54) is 6.42 Å². The number of rotatable bonds is 4. The van der Waals surface area contributed by atoms with Crippen LogP contribution in [-0.2, 0) is 0 Å². The third-order valence-electron chi connectivity index (χ3n) is 5.36. The van der Waals surface area contributed by atoms with Crippen molar-refractivity contribution in [1.82, 2.24) is 10.2 Å². The molecule has 3 rings (SSSR count). The zero-order valence-corrected chi connectivity index (χ0v) is 14.7. The van der Waals surface area contributed by atoms with Crippen molar-refractivity contribution in [2.45, 2.75) is 19.3 Å². The van der Waals surface area contributed by atoms with E-state index in [1.807, 2.05) is 4.90 Å². The molecule has 2 aliphatic heterocycles. The third kappa shape index (κ3) is 3.02. The maximum absolute atomic E-state index is 12.9. The van der Waals surface area contributed by atoms with E-state index in [-0.39, 0.29) is 5.91 Å². The van der Waals surface area contributed by atoms with Crippen LogP contribution in [0.25, 0.3) is 0 Å². The number of nitrogens with one attached hydrogen (secondary N) is 1. The van der Waals surface area contributed by atoms with Gasteiger partial charge in [-0.25, -0.2) is 0 Å². The van der Waals surface area contributed by atoms with Crippen LogP contribution in [0.5, 0.6) is 17.2 Å². The molecule has 1 N–H and O–H groups in total. The van der Waals surface area contributed by atoms with Gasteiger partial charge in [0, 0.05) is 25.2 Å². The fraction of sp³-hybridized carbons (Fsp3) is 0.611. The lowest BCUT2D eigenvalue weighted by Gasteiger charge is -2.39. The first-order chi connectivity index (χ1) is 11.6. The molecule has 2 saturated heterocycles. The third-order valence-corrected chi connectivity index (χ3v) is 5.36. The Kier molecular flexibility index (Phi) is 4.85. The van der Waals surface area contributed by atoms with Gasteiger partial charge in [0.25, 0.3) is 5.91 Å². The standard InChI is InChI=1S/C18H26N2O4/c1-22-14-10-13(11-15(23-2)16(14)24-3)17(21)20-8-5-18(6-9-20)4-7-19-12-18/h10-11,19H,4-9,12H2,1-3H3. The number of nitrogens with zero attached hydrogens (tertiary/aromatic N) is 1. The molecule has 1 amide bonds. The number of carbonyl (C=O) groups excluding carboxylic acids is 1. The molecule has 0 saturated carbocycles. The maximum atomic E-state index is 12.9. The Morgan fingerprint density at radius 1 is 1.04 bits per heavy atom. The SMILES string of the molecule is COc1cc(C(=O)N2CCC3(CCNC3)CC2)cc(OC)c1OC. The summed E-state index contributed by atoms with van der Waals surface area (Å²) in [4.78, 5) is 14.8. The second kappa shape index (κ2) is 6.89. The van der Waals surface area contributed by atoms with Gasteiger partial charge in [-0.2, -0.15) is 0 Å². The van der Waals surface area contributed by atoms with Crippen LogP contribution in [-0.4, -0.2) is 58.3 Å². The molecule has 2 aliphatic rings. The van der Waals surface area contributed by atoms with Crippen molar-refractivity contribution in [1.29, 1.82) is 0 Å². The van der Waals surface area contributed by atoms with Gasteiger partial charge in [0.05, 0.1) is 21.3 Å². The van der Waals surface area contributed by atoms with Crippen LogP contribution < -0.4 is 19.5 Å². The first-order valence-electron chi connectivity index (χ1n) is 8.42. The lowest BCUT2D eigenvalue weighted by Crippen LogP contribution is -2.44. The Balaban J connectivity index is 1.78. The highest BCUT2D eigenvalue weighted by molar-refractivity contribution is 5.95. The highest BCUT2D eigenvalue weighted by Gasteiger charge is 2.38. The van der Waals surface area contributed by atoms with E-state index < -0.39 is 0 Å². The molecule has 0 bridgehead atoms. The van der Waals surface area contributed by atoms with Crippen molar-refractivity contribution < 1.29 is 19.0 Å². The van der Waals surface area contributed by atoms with Crippen LogP contribution in [0, 0.1) is 5.41 Å². The minimum absolute atomic E-state index is 0.0232. The number of carbonyl (C=O) groups is 1. The predicted molar refractivity (Wildman–Crippen MR) is 91.2 cm³/mol. The lowest BCUT2D eigenvalue weighted by atomic mass is 9.78. The van der Waals surface area contributed by atoms with Gasteiger partial charge >= 0.3 is 0 Å². The summed E-state index contributed by atoms with van der Waals surface area (Å²) in [6, 6.07) is 3.45. The van der Waals surface area contributed by atoms with Crippen LogP contribution >= 0.6 is 0 Å². The molecular weight excluding hydrogens is 308 g/mol. The van der Waals surface area contributed by atoms with Gasteiger partial charge in [-0.15, -0.1) is 0 Å². The van der Waals surface area contributed by atoms with Crippen LogP contribution in [0.2, 0.25) is 0 Å². The first-order valence-corrected chi connectivity index (χ1v) is 8.42. The van der Waals surface area contributed by atoms with Crippen LogP contribution in [0.15, 0.2) is 12.1 Å². The van der Waals surface area contributed by atoms with Gasteiger partial charge < -0.3 is 24.4 Å². The van der Waals surface area contributed by atoms with E-state index in [1.54, 1.807) is 33.5 Å². The van der Waals surface area contributed by atoms with Gasteiger partial charge in [0.1, 0.15) is 0 Å². The Hall–Kier alpha value is -1.95. The smallest absolute Gasteiger partial charge is 0.254 e. The van der Waals surface area contributed by atoms with Crippen molar-refractivity contribution in [2.24, 2.45) is 5.41 Å². The molecule has 6 nitrogen and oxygen atoms in total. The Bertz CT molecular complexity index is 576. The molecule has 0 radical (unpaired) electrons. The molecule has 1 aromatic rings. The summed E-state index contributed by atoms with van der Waals surface area (Å²) in [5, 5.41) is 3.45. The summed E-state index contributed by atoms with van der Waals surface area (Å²) < 4.78 is 16.0. The molecule has 0 aromatic heterocycles. The number of piperidine rings is 1. The maximum Gasteiger partial charge on any atom is 0.254 e. The molecule has 132 valence electrons. The van der Waals surface area contributed by atoms with Crippen molar-refractivity contribution in [3.63, 3.8) is 0 Å². The Morgan fingerprint density at radius 3 is 2.12 bits per heavy atom. The summed E-state index contributed by atoms with van der Waals surface area (Å²) in [5.74, 6) is 1.54. The minimum atomic E-state index is 0.0232. The second-order valence-corrected chi connectivity index (χ2v) is 6.63. The molecule has 0 atom stereocenters. The minimum Gasteiger partial charge on any atom is -0.493 e. The zero-order chi connectivity index (χ0) is 17.2. The van der Waals surface area contributed by atoms with E-state index in [0.717, 1.165) is 39.0 Å². The van der Waals surface area contributed by atoms with Crippen molar-refractivity contribution in [3.8, 4) is 17.2 Å². The molecule has 2 heterocycles. The van der Waals surface area contributed by atoms with Gasteiger partial charge in [-0.1, -0.05) is 0 Å². The fourth-order valence-electron chi connectivity index (χ4n) is 3.79. The molecule has 1 aromatic carbocycles.